The van der Waals surface area contributed by atoms with E-state index < -0.39 is 0 Å². The predicted octanol–water partition coefficient (Wildman–Crippen LogP) is 4.70. The Kier molecular flexibility index (Phi) is 6.68. The van der Waals surface area contributed by atoms with Gasteiger partial charge in [-0.15, -0.1) is 0 Å². The van der Waals surface area contributed by atoms with Crippen LogP contribution in [0.4, 0.5) is 5.69 Å². The molecule has 0 fully saturated rings. The number of halogens is 2. The van der Waals surface area contributed by atoms with Gasteiger partial charge >= 0.3 is 0 Å². The summed E-state index contributed by atoms with van der Waals surface area (Å²) in [5, 5.41) is 3.55. The lowest BCUT2D eigenvalue weighted by Gasteiger charge is -2.25. The minimum Gasteiger partial charge on any atom is -0.350 e. The van der Waals surface area contributed by atoms with Crippen molar-refractivity contribution in [3.8, 4) is 0 Å². The summed E-state index contributed by atoms with van der Waals surface area (Å²) in [5.41, 5.74) is 4.55. The highest BCUT2D eigenvalue weighted by molar-refractivity contribution is 6.42. The van der Waals surface area contributed by atoms with E-state index in [2.05, 4.69) is 5.32 Å². The number of carbonyl (C=O) groups excluding carboxylic acids is 2. The maximum atomic E-state index is 12.3. The molecule has 6 heteroatoms. The molecular weight excluding hydrogens is 371 g/mol. The third-order valence-corrected chi connectivity index (χ3v) is 4.83. The quantitative estimate of drug-likeness (QED) is 0.801. The minimum atomic E-state index is -0.260. The van der Waals surface area contributed by atoms with E-state index >= 15 is 0 Å². The molecule has 0 bridgehead atoms. The van der Waals surface area contributed by atoms with Crippen LogP contribution in [0.1, 0.15) is 34.0 Å². The second kappa shape index (κ2) is 8.56. The van der Waals surface area contributed by atoms with Crippen LogP contribution in [0.15, 0.2) is 30.3 Å². The van der Waals surface area contributed by atoms with Crippen molar-refractivity contribution in [2.75, 3.05) is 18.0 Å². The number of anilines is 1. The first kappa shape index (κ1) is 20.3. The second-order valence-corrected chi connectivity index (χ2v) is 7.12. The first-order valence-corrected chi connectivity index (χ1v) is 9.05. The van der Waals surface area contributed by atoms with E-state index in [4.69, 9.17) is 23.2 Å². The van der Waals surface area contributed by atoms with Crippen molar-refractivity contribution in [1.82, 2.24) is 5.32 Å². The zero-order chi connectivity index (χ0) is 19.4. The van der Waals surface area contributed by atoms with E-state index in [1.807, 2.05) is 32.9 Å². The van der Waals surface area contributed by atoms with Gasteiger partial charge in [-0.2, -0.15) is 0 Å². The standard InChI is InChI=1S/C20H22Cl2N2O2/c1-12-9-13(2)19(14(3)10-12)24(15(4)25)8-7-23-20(26)16-5-6-17(21)18(22)11-16/h5-6,9-11H,7-8H2,1-4H3,(H,23,26). The van der Waals surface area contributed by atoms with E-state index in [1.165, 1.54) is 13.0 Å². The van der Waals surface area contributed by atoms with E-state index in [1.54, 1.807) is 17.0 Å². The molecule has 0 unspecified atom stereocenters. The van der Waals surface area contributed by atoms with Crippen molar-refractivity contribution in [2.45, 2.75) is 27.7 Å². The number of nitrogens with one attached hydrogen (secondary N) is 1. The molecular formula is C20H22Cl2N2O2. The minimum absolute atomic E-state index is 0.0659. The summed E-state index contributed by atoms with van der Waals surface area (Å²) in [7, 11) is 0. The Balaban J connectivity index is 2.09. The monoisotopic (exact) mass is 392 g/mol. The van der Waals surface area contributed by atoms with Gasteiger partial charge in [-0.1, -0.05) is 40.9 Å². The molecule has 0 aliphatic heterocycles. The van der Waals surface area contributed by atoms with Crippen LogP contribution < -0.4 is 10.2 Å². The van der Waals surface area contributed by atoms with Crippen LogP contribution in [0.2, 0.25) is 10.0 Å². The Bertz CT molecular complexity index is 827. The number of carbonyl (C=O) groups is 2. The molecule has 0 aliphatic carbocycles. The van der Waals surface area contributed by atoms with Crippen molar-refractivity contribution in [1.29, 1.82) is 0 Å². The number of amides is 2. The number of nitrogens with zero attached hydrogens (tertiary/aromatic N) is 1. The average molecular weight is 393 g/mol. The fraction of sp³-hybridized carbons (Fsp3) is 0.300. The maximum absolute atomic E-state index is 12.3. The SMILES string of the molecule is CC(=O)N(CCNC(=O)c1ccc(Cl)c(Cl)c1)c1c(C)cc(C)cc1C. The lowest BCUT2D eigenvalue weighted by Crippen LogP contribution is -2.38. The van der Waals surface area contributed by atoms with Crippen molar-refractivity contribution in [3.05, 3.63) is 62.6 Å². The Morgan fingerprint density at radius 3 is 2.15 bits per heavy atom. The zero-order valence-electron chi connectivity index (χ0n) is 15.3. The molecule has 0 heterocycles. The Labute approximate surface area is 164 Å². The van der Waals surface area contributed by atoms with Gasteiger partial charge in [-0.3, -0.25) is 9.59 Å². The van der Waals surface area contributed by atoms with Crippen molar-refractivity contribution in [3.63, 3.8) is 0 Å². The molecule has 1 N–H and O–H groups in total. The van der Waals surface area contributed by atoms with Gasteiger partial charge in [0.15, 0.2) is 0 Å². The molecule has 26 heavy (non-hydrogen) atoms. The topological polar surface area (TPSA) is 49.4 Å². The summed E-state index contributed by atoms with van der Waals surface area (Å²) >= 11 is 11.8. The highest BCUT2D eigenvalue weighted by atomic mass is 35.5. The summed E-state index contributed by atoms with van der Waals surface area (Å²) < 4.78 is 0. The fourth-order valence-electron chi connectivity index (χ4n) is 3.05. The van der Waals surface area contributed by atoms with Gasteiger partial charge < -0.3 is 10.2 Å². The number of benzene rings is 2. The third kappa shape index (κ3) is 4.77. The van der Waals surface area contributed by atoms with E-state index in [0.717, 1.165) is 22.4 Å². The number of hydrogen-bond donors (Lipinski definition) is 1. The molecule has 0 saturated heterocycles. The Hall–Kier alpha value is -2.04. The average Bonchev–Trinajstić information content (AvgIpc) is 2.54. The van der Waals surface area contributed by atoms with Gasteiger partial charge in [-0.05, 0) is 50.1 Å². The highest BCUT2D eigenvalue weighted by Crippen LogP contribution is 2.26. The van der Waals surface area contributed by atoms with Crippen molar-refractivity contribution < 1.29 is 9.59 Å². The van der Waals surface area contributed by atoms with Gasteiger partial charge in [0.1, 0.15) is 0 Å². The molecule has 2 aromatic rings. The lowest BCUT2D eigenvalue weighted by atomic mass is 10.0. The van der Waals surface area contributed by atoms with Crippen LogP contribution in [-0.2, 0) is 4.79 Å². The number of hydrogen-bond acceptors (Lipinski definition) is 2. The molecule has 0 aliphatic rings. The largest absolute Gasteiger partial charge is 0.350 e. The zero-order valence-corrected chi connectivity index (χ0v) is 16.8. The Morgan fingerprint density at radius 2 is 1.62 bits per heavy atom. The fourth-order valence-corrected chi connectivity index (χ4v) is 3.34. The van der Waals surface area contributed by atoms with Crippen molar-refractivity contribution in [2.24, 2.45) is 0 Å². The molecule has 2 rings (SSSR count). The molecule has 0 radical (unpaired) electrons. The second-order valence-electron chi connectivity index (χ2n) is 6.30. The molecule has 4 nitrogen and oxygen atoms in total. The summed E-state index contributed by atoms with van der Waals surface area (Å²) in [6.45, 7) is 8.23. The maximum Gasteiger partial charge on any atom is 0.251 e. The van der Waals surface area contributed by atoms with E-state index in [9.17, 15) is 9.59 Å². The van der Waals surface area contributed by atoms with Gasteiger partial charge in [0.2, 0.25) is 5.91 Å². The predicted molar refractivity (Wildman–Crippen MR) is 107 cm³/mol. The molecule has 2 amide bonds. The molecule has 0 saturated carbocycles. The normalized spacial score (nSPS) is 10.5. The molecule has 0 spiro atoms. The van der Waals surface area contributed by atoms with Crippen molar-refractivity contribution >= 4 is 40.7 Å². The van der Waals surface area contributed by atoms with Crippen LogP contribution in [-0.4, -0.2) is 24.9 Å². The van der Waals surface area contributed by atoms with Crippen LogP contribution in [0.3, 0.4) is 0 Å². The van der Waals surface area contributed by atoms with Gasteiger partial charge in [-0.25, -0.2) is 0 Å². The van der Waals surface area contributed by atoms with Crippen LogP contribution in [0, 0.1) is 20.8 Å². The summed E-state index contributed by atoms with van der Waals surface area (Å²) in [6.07, 6.45) is 0. The molecule has 0 atom stereocenters. The van der Waals surface area contributed by atoms with Crippen LogP contribution >= 0.6 is 23.2 Å². The summed E-state index contributed by atoms with van der Waals surface area (Å²) in [5.74, 6) is -0.326. The Morgan fingerprint density at radius 1 is 1.00 bits per heavy atom. The van der Waals surface area contributed by atoms with Crippen LogP contribution in [0.25, 0.3) is 0 Å². The number of aryl methyl sites for hydroxylation is 3. The summed E-state index contributed by atoms with van der Waals surface area (Å²) in [6, 6.07) is 8.82. The molecule has 2 aromatic carbocycles. The smallest absolute Gasteiger partial charge is 0.251 e. The van der Waals surface area contributed by atoms with E-state index in [-0.39, 0.29) is 11.8 Å². The van der Waals surface area contributed by atoms with Gasteiger partial charge in [0.05, 0.1) is 10.0 Å². The van der Waals surface area contributed by atoms with E-state index in [0.29, 0.717) is 28.7 Å². The number of rotatable bonds is 5. The highest BCUT2D eigenvalue weighted by Gasteiger charge is 2.17. The molecule has 0 aromatic heterocycles. The molecule has 138 valence electrons. The van der Waals surface area contributed by atoms with Crippen LogP contribution in [0.5, 0.6) is 0 Å². The first-order valence-electron chi connectivity index (χ1n) is 8.30. The first-order chi connectivity index (χ1) is 12.2. The third-order valence-electron chi connectivity index (χ3n) is 4.09. The summed E-state index contributed by atoms with van der Waals surface area (Å²) in [4.78, 5) is 26.1. The van der Waals surface area contributed by atoms with Gasteiger partial charge in [0.25, 0.3) is 5.91 Å². The lowest BCUT2D eigenvalue weighted by molar-refractivity contribution is -0.116. The van der Waals surface area contributed by atoms with Gasteiger partial charge in [0, 0.05) is 31.3 Å².